The van der Waals surface area contributed by atoms with Gasteiger partial charge in [0.15, 0.2) is 0 Å². The highest BCUT2D eigenvalue weighted by atomic mass is 16.3. The quantitative estimate of drug-likeness (QED) is 0.674. The Morgan fingerprint density at radius 3 is 2.88 bits per heavy atom. The third-order valence-electron chi connectivity index (χ3n) is 3.73. The molecule has 2 saturated heterocycles. The molecule has 1 atom stereocenters. The van der Waals surface area contributed by atoms with Gasteiger partial charge in [-0.3, -0.25) is 9.69 Å². The smallest absolute Gasteiger partial charge is 0.227 e. The van der Waals surface area contributed by atoms with Gasteiger partial charge < -0.3 is 15.3 Å². The zero-order valence-electron chi connectivity index (χ0n) is 10.4. The first-order chi connectivity index (χ1) is 8.31. The molecule has 1 amide bonds. The van der Waals surface area contributed by atoms with Crippen molar-refractivity contribution in [2.75, 3.05) is 52.4 Å². The minimum absolute atomic E-state index is 0.194. The van der Waals surface area contributed by atoms with Crippen molar-refractivity contribution in [3.8, 4) is 0 Å². The number of rotatable bonds is 3. The fourth-order valence-electron chi connectivity index (χ4n) is 2.68. The van der Waals surface area contributed by atoms with Gasteiger partial charge >= 0.3 is 0 Å². The Morgan fingerprint density at radius 1 is 1.29 bits per heavy atom. The van der Waals surface area contributed by atoms with Crippen LogP contribution in [0.2, 0.25) is 0 Å². The fourth-order valence-corrected chi connectivity index (χ4v) is 2.68. The lowest BCUT2D eigenvalue weighted by molar-refractivity contribution is -0.134. The minimum Gasteiger partial charge on any atom is -0.395 e. The van der Waals surface area contributed by atoms with Crippen molar-refractivity contribution in [3.63, 3.8) is 0 Å². The van der Waals surface area contributed by atoms with Crippen LogP contribution in [0.5, 0.6) is 0 Å². The second-order valence-electron chi connectivity index (χ2n) is 4.93. The summed E-state index contributed by atoms with van der Waals surface area (Å²) in [5.74, 6) is 0.514. The number of hydrogen-bond acceptors (Lipinski definition) is 4. The van der Waals surface area contributed by atoms with E-state index >= 15 is 0 Å². The molecule has 5 heteroatoms. The molecule has 2 aliphatic rings. The number of aliphatic hydroxyl groups excluding tert-OH is 1. The zero-order valence-corrected chi connectivity index (χ0v) is 10.4. The monoisotopic (exact) mass is 241 g/mol. The fraction of sp³-hybridized carbons (Fsp3) is 0.917. The number of β-amino-alcohol motifs (C(OH)–C–C–N with tert-alkyl or cyclic N) is 1. The van der Waals surface area contributed by atoms with Crippen molar-refractivity contribution in [1.29, 1.82) is 0 Å². The van der Waals surface area contributed by atoms with E-state index in [1.54, 1.807) is 0 Å². The highest BCUT2D eigenvalue weighted by molar-refractivity contribution is 5.79. The largest absolute Gasteiger partial charge is 0.395 e. The lowest BCUT2D eigenvalue weighted by Gasteiger charge is -2.24. The van der Waals surface area contributed by atoms with Crippen molar-refractivity contribution in [2.24, 2.45) is 5.92 Å². The summed E-state index contributed by atoms with van der Waals surface area (Å²) in [6, 6.07) is 0. The third-order valence-corrected chi connectivity index (χ3v) is 3.73. The van der Waals surface area contributed by atoms with E-state index in [0.29, 0.717) is 5.91 Å². The maximum absolute atomic E-state index is 12.2. The molecule has 0 aromatic heterocycles. The molecule has 1 unspecified atom stereocenters. The van der Waals surface area contributed by atoms with E-state index in [4.69, 9.17) is 5.11 Å². The molecule has 2 N–H and O–H groups in total. The maximum Gasteiger partial charge on any atom is 0.227 e. The first-order valence-electron chi connectivity index (χ1n) is 6.64. The summed E-state index contributed by atoms with van der Waals surface area (Å²) in [4.78, 5) is 16.5. The lowest BCUT2D eigenvalue weighted by Crippen LogP contribution is -2.39. The molecule has 0 saturated carbocycles. The van der Waals surface area contributed by atoms with Crippen molar-refractivity contribution >= 4 is 5.91 Å². The summed E-state index contributed by atoms with van der Waals surface area (Å²) in [7, 11) is 0. The van der Waals surface area contributed by atoms with Gasteiger partial charge in [0, 0.05) is 32.7 Å². The summed E-state index contributed by atoms with van der Waals surface area (Å²) in [5, 5.41) is 12.2. The summed E-state index contributed by atoms with van der Waals surface area (Å²) in [6.45, 7) is 6.33. The van der Waals surface area contributed by atoms with Gasteiger partial charge in [0.05, 0.1) is 12.5 Å². The van der Waals surface area contributed by atoms with Crippen LogP contribution >= 0.6 is 0 Å². The molecule has 0 aromatic carbocycles. The number of carbonyl (C=O) groups excluding carboxylic acids is 1. The van der Waals surface area contributed by atoms with Gasteiger partial charge in [-0.15, -0.1) is 0 Å². The van der Waals surface area contributed by atoms with E-state index in [1.165, 1.54) is 0 Å². The molecule has 2 aliphatic heterocycles. The van der Waals surface area contributed by atoms with E-state index < -0.39 is 0 Å². The molecule has 2 heterocycles. The summed E-state index contributed by atoms with van der Waals surface area (Å²) in [6.07, 6.45) is 2.00. The first kappa shape index (κ1) is 12.8. The third kappa shape index (κ3) is 3.40. The van der Waals surface area contributed by atoms with Gasteiger partial charge in [-0.2, -0.15) is 0 Å². The van der Waals surface area contributed by atoms with Crippen LogP contribution in [-0.4, -0.2) is 73.2 Å². The van der Waals surface area contributed by atoms with Crippen molar-refractivity contribution in [2.45, 2.75) is 12.8 Å². The van der Waals surface area contributed by atoms with Crippen LogP contribution in [-0.2, 0) is 4.79 Å². The molecule has 5 nitrogen and oxygen atoms in total. The van der Waals surface area contributed by atoms with Gasteiger partial charge in [0.2, 0.25) is 5.91 Å². The maximum atomic E-state index is 12.2. The van der Waals surface area contributed by atoms with E-state index in [0.717, 1.165) is 58.7 Å². The highest BCUT2D eigenvalue weighted by Crippen LogP contribution is 2.13. The topological polar surface area (TPSA) is 55.8 Å². The lowest BCUT2D eigenvalue weighted by atomic mass is 10.1. The number of nitrogens with zero attached hydrogens (tertiary/aromatic N) is 2. The molecule has 0 radical (unpaired) electrons. The van der Waals surface area contributed by atoms with Crippen LogP contribution in [0.15, 0.2) is 0 Å². The van der Waals surface area contributed by atoms with Crippen molar-refractivity contribution < 1.29 is 9.90 Å². The van der Waals surface area contributed by atoms with Crippen LogP contribution in [0, 0.1) is 5.92 Å². The standard InChI is InChI=1S/C12H23N3O2/c16-9-8-14-4-1-5-15(7-6-14)12(17)11-2-3-13-10-11/h11,13,16H,1-10H2. The van der Waals surface area contributed by atoms with Crippen LogP contribution in [0.1, 0.15) is 12.8 Å². The molecular formula is C12H23N3O2. The van der Waals surface area contributed by atoms with Crippen LogP contribution in [0.4, 0.5) is 0 Å². The molecule has 0 aliphatic carbocycles. The van der Waals surface area contributed by atoms with E-state index in [1.807, 2.05) is 4.90 Å². The summed E-state index contributed by atoms with van der Waals surface area (Å²) in [5.41, 5.74) is 0. The number of carbonyl (C=O) groups is 1. The Balaban J connectivity index is 1.83. The summed E-state index contributed by atoms with van der Waals surface area (Å²) >= 11 is 0. The summed E-state index contributed by atoms with van der Waals surface area (Å²) < 4.78 is 0. The molecule has 0 aromatic rings. The minimum atomic E-state index is 0.194. The molecule has 2 fully saturated rings. The molecule has 0 bridgehead atoms. The van der Waals surface area contributed by atoms with Gasteiger partial charge in [-0.25, -0.2) is 0 Å². The Labute approximate surface area is 103 Å². The Morgan fingerprint density at radius 2 is 2.18 bits per heavy atom. The predicted molar refractivity (Wildman–Crippen MR) is 65.7 cm³/mol. The average Bonchev–Trinajstić information content (AvgIpc) is 2.76. The van der Waals surface area contributed by atoms with E-state index in [-0.39, 0.29) is 12.5 Å². The van der Waals surface area contributed by atoms with E-state index in [9.17, 15) is 4.79 Å². The highest BCUT2D eigenvalue weighted by Gasteiger charge is 2.28. The number of hydrogen-bond donors (Lipinski definition) is 2. The molecule has 98 valence electrons. The van der Waals surface area contributed by atoms with Crippen molar-refractivity contribution in [1.82, 2.24) is 15.1 Å². The van der Waals surface area contributed by atoms with E-state index in [2.05, 4.69) is 10.2 Å². The van der Waals surface area contributed by atoms with Gasteiger partial charge in [-0.1, -0.05) is 0 Å². The zero-order chi connectivity index (χ0) is 12.1. The van der Waals surface area contributed by atoms with Crippen LogP contribution in [0.3, 0.4) is 0 Å². The second kappa shape index (κ2) is 6.33. The molecule has 0 spiro atoms. The van der Waals surface area contributed by atoms with Crippen LogP contribution in [0.25, 0.3) is 0 Å². The Bertz CT molecular complexity index is 254. The molecular weight excluding hydrogens is 218 g/mol. The SMILES string of the molecule is O=C(C1CCNC1)N1CCCN(CCO)CC1. The normalized spacial score (nSPS) is 27.1. The number of nitrogens with one attached hydrogen (secondary N) is 1. The Hall–Kier alpha value is -0.650. The molecule has 17 heavy (non-hydrogen) atoms. The van der Waals surface area contributed by atoms with Gasteiger partial charge in [0.1, 0.15) is 0 Å². The first-order valence-corrected chi connectivity index (χ1v) is 6.64. The van der Waals surface area contributed by atoms with Gasteiger partial charge in [0.25, 0.3) is 0 Å². The van der Waals surface area contributed by atoms with Crippen molar-refractivity contribution in [3.05, 3.63) is 0 Å². The Kier molecular flexibility index (Phi) is 4.76. The van der Waals surface area contributed by atoms with Gasteiger partial charge in [-0.05, 0) is 25.9 Å². The number of aliphatic hydroxyl groups is 1. The number of amides is 1. The van der Waals surface area contributed by atoms with Crippen LogP contribution < -0.4 is 5.32 Å². The average molecular weight is 241 g/mol. The molecule has 2 rings (SSSR count). The second-order valence-corrected chi connectivity index (χ2v) is 4.93. The predicted octanol–water partition coefficient (Wildman–Crippen LogP) is -0.877.